The molecule has 0 aliphatic carbocycles. The highest BCUT2D eigenvalue weighted by Crippen LogP contribution is 2.07. The summed E-state index contributed by atoms with van der Waals surface area (Å²) in [4.78, 5) is 1.81. The van der Waals surface area contributed by atoms with E-state index in [2.05, 4.69) is 20.8 Å². The van der Waals surface area contributed by atoms with Gasteiger partial charge in [0.15, 0.2) is 7.98 Å². The predicted molar refractivity (Wildman–Crippen MR) is 37.9 cm³/mol. The van der Waals surface area contributed by atoms with Crippen molar-refractivity contribution in [3.05, 3.63) is 0 Å². The topological polar surface area (TPSA) is 3.24 Å². The van der Waals surface area contributed by atoms with E-state index in [-0.39, 0.29) is 5.54 Å². The molecule has 46 valence electrons. The molecule has 0 aliphatic heterocycles. The summed E-state index contributed by atoms with van der Waals surface area (Å²) in [6.07, 6.45) is 0. The maximum atomic E-state index is 5.58. The lowest BCUT2D eigenvalue weighted by Crippen LogP contribution is -2.38. The van der Waals surface area contributed by atoms with E-state index < -0.39 is 0 Å². The summed E-state index contributed by atoms with van der Waals surface area (Å²) in [6, 6.07) is 0. The Morgan fingerprint density at radius 2 is 1.75 bits per heavy atom. The summed E-state index contributed by atoms with van der Waals surface area (Å²) in [7, 11) is 5.58. The van der Waals surface area contributed by atoms with Gasteiger partial charge in [0.05, 0.1) is 0 Å². The summed E-state index contributed by atoms with van der Waals surface area (Å²) in [6.45, 7) is 9.23. The van der Waals surface area contributed by atoms with E-state index in [1.165, 1.54) is 0 Å². The molecular weight excluding hydrogens is 96.9 g/mol. The second kappa shape index (κ2) is 2.54. The fourth-order valence-corrected chi connectivity index (χ4v) is 0.474. The molecule has 0 spiro atoms. The number of nitrogens with zero attached hydrogens (tertiary/aromatic N) is 1. The molecule has 0 N–H and O–H groups in total. The minimum atomic E-state index is 0.120. The van der Waals surface area contributed by atoms with Crippen molar-refractivity contribution in [2.24, 2.45) is 0 Å². The highest BCUT2D eigenvalue weighted by Gasteiger charge is 2.12. The maximum absolute atomic E-state index is 5.58. The Hall–Kier alpha value is 0.0249. The average molecular weight is 111 g/mol. The first-order chi connectivity index (χ1) is 3.48. The molecule has 0 saturated carbocycles. The van der Waals surface area contributed by atoms with E-state index in [9.17, 15) is 0 Å². The lowest BCUT2D eigenvalue weighted by molar-refractivity contribution is 0.272. The molecule has 0 saturated heterocycles. The molecule has 0 amide bonds. The number of hydrogen-bond acceptors (Lipinski definition) is 1. The monoisotopic (exact) mass is 111 g/mol. The summed E-state index contributed by atoms with van der Waals surface area (Å²) >= 11 is 0. The average Bonchev–Trinajstić information content (AvgIpc) is 1.62. The zero-order valence-electron chi connectivity index (χ0n) is 6.23. The molecule has 0 rings (SSSR count). The molecule has 0 aliphatic rings. The van der Waals surface area contributed by atoms with Crippen molar-refractivity contribution in [2.75, 3.05) is 6.54 Å². The third-order valence-electron chi connectivity index (χ3n) is 1.20. The molecule has 2 heteroatoms. The Labute approximate surface area is 53.5 Å². The minimum Gasteiger partial charge on any atom is -0.349 e. The van der Waals surface area contributed by atoms with Gasteiger partial charge in [-0.3, -0.25) is 0 Å². The largest absolute Gasteiger partial charge is 0.349 e. The molecule has 0 bridgehead atoms. The highest BCUT2D eigenvalue weighted by molar-refractivity contribution is 6.04. The molecule has 8 heavy (non-hydrogen) atoms. The maximum Gasteiger partial charge on any atom is 0.183 e. The van der Waals surface area contributed by atoms with Gasteiger partial charge < -0.3 is 4.81 Å². The summed E-state index contributed by atoms with van der Waals surface area (Å²) in [5.74, 6) is 0. The van der Waals surface area contributed by atoms with Gasteiger partial charge in [-0.2, -0.15) is 0 Å². The van der Waals surface area contributed by atoms with E-state index in [0.29, 0.717) is 0 Å². The summed E-state index contributed by atoms with van der Waals surface area (Å²) < 4.78 is 0. The predicted octanol–water partition coefficient (Wildman–Crippen LogP) is 1.19. The van der Waals surface area contributed by atoms with E-state index in [4.69, 9.17) is 7.98 Å². The van der Waals surface area contributed by atoms with Gasteiger partial charge in [0, 0.05) is 5.54 Å². The van der Waals surface area contributed by atoms with Crippen molar-refractivity contribution >= 4 is 7.98 Å². The zero-order chi connectivity index (χ0) is 6.78. The Morgan fingerprint density at radius 1 is 1.38 bits per heavy atom. The van der Waals surface area contributed by atoms with Crippen LogP contribution in [0.3, 0.4) is 0 Å². The fourth-order valence-electron chi connectivity index (χ4n) is 0.474. The molecule has 1 nitrogen and oxygen atoms in total. The van der Waals surface area contributed by atoms with Crippen LogP contribution in [0, 0.1) is 0 Å². The van der Waals surface area contributed by atoms with Crippen LogP contribution in [0.4, 0.5) is 0 Å². The molecule has 0 aromatic heterocycles. The number of hydrogen-bond donors (Lipinski definition) is 0. The van der Waals surface area contributed by atoms with Crippen LogP contribution in [0.15, 0.2) is 0 Å². The first-order valence-corrected chi connectivity index (χ1v) is 3.01. The third-order valence-corrected chi connectivity index (χ3v) is 1.20. The van der Waals surface area contributed by atoms with E-state index in [1.807, 2.05) is 11.7 Å². The summed E-state index contributed by atoms with van der Waals surface area (Å²) in [5.41, 5.74) is 0.120. The molecule has 0 aromatic rings. The molecule has 2 radical (unpaired) electrons. The van der Waals surface area contributed by atoms with E-state index >= 15 is 0 Å². The van der Waals surface area contributed by atoms with Crippen LogP contribution >= 0.6 is 0 Å². The van der Waals surface area contributed by atoms with Crippen LogP contribution in [-0.4, -0.2) is 24.9 Å². The van der Waals surface area contributed by atoms with Crippen molar-refractivity contribution in [2.45, 2.75) is 33.2 Å². The van der Waals surface area contributed by atoms with Gasteiger partial charge >= 0.3 is 0 Å². The van der Waals surface area contributed by atoms with Gasteiger partial charge in [0.2, 0.25) is 0 Å². The summed E-state index contributed by atoms with van der Waals surface area (Å²) in [5, 5.41) is 0. The number of rotatable bonds is 1. The molecule has 0 aromatic carbocycles. The van der Waals surface area contributed by atoms with Crippen molar-refractivity contribution in [1.29, 1.82) is 0 Å². The van der Waals surface area contributed by atoms with Gasteiger partial charge in [0.25, 0.3) is 0 Å². The third kappa shape index (κ3) is 2.36. The Morgan fingerprint density at radius 3 is 1.75 bits per heavy atom. The van der Waals surface area contributed by atoms with Gasteiger partial charge in [-0.05, 0) is 27.3 Å². The normalized spacial score (nSPS) is 12.6. The van der Waals surface area contributed by atoms with E-state index in [0.717, 1.165) is 6.54 Å². The Balaban J connectivity index is 3.62. The second-order valence-electron chi connectivity index (χ2n) is 2.96. The van der Waals surface area contributed by atoms with Gasteiger partial charge in [-0.1, -0.05) is 6.92 Å². The molecule has 0 atom stereocenters. The first kappa shape index (κ1) is 8.02. The van der Waals surface area contributed by atoms with Crippen LogP contribution in [0.1, 0.15) is 27.7 Å². The fraction of sp³-hybridized carbons (Fsp3) is 1.00. The van der Waals surface area contributed by atoms with Crippen LogP contribution < -0.4 is 0 Å². The van der Waals surface area contributed by atoms with Crippen molar-refractivity contribution in [1.82, 2.24) is 4.81 Å². The lowest BCUT2D eigenvalue weighted by atomic mass is 10.0. The highest BCUT2D eigenvalue weighted by atomic mass is 15.1. The van der Waals surface area contributed by atoms with Crippen molar-refractivity contribution < 1.29 is 0 Å². The Kier molecular flexibility index (Phi) is 2.55. The molecule has 0 unspecified atom stereocenters. The molecular formula is C6H14BN. The minimum absolute atomic E-state index is 0.120. The first-order valence-electron chi connectivity index (χ1n) is 3.01. The van der Waals surface area contributed by atoms with E-state index in [1.54, 1.807) is 0 Å². The van der Waals surface area contributed by atoms with Crippen molar-refractivity contribution in [3.63, 3.8) is 0 Å². The zero-order valence-corrected chi connectivity index (χ0v) is 6.23. The van der Waals surface area contributed by atoms with Crippen molar-refractivity contribution in [3.8, 4) is 0 Å². The molecule has 0 fully saturated rings. The van der Waals surface area contributed by atoms with Gasteiger partial charge in [0.1, 0.15) is 0 Å². The smallest absolute Gasteiger partial charge is 0.183 e. The van der Waals surface area contributed by atoms with Crippen LogP contribution in [-0.2, 0) is 0 Å². The Bertz CT molecular complexity index is 65.4. The quantitative estimate of drug-likeness (QED) is 0.459. The lowest BCUT2D eigenvalue weighted by Gasteiger charge is -2.31. The molecule has 0 heterocycles. The van der Waals surface area contributed by atoms with Crippen LogP contribution in [0.5, 0.6) is 0 Å². The second-order valence-corrected chi connectivity index (χ2v) is 2.96. The van der Waals surface area contributed by atoms with Crippen LogP contribution in [0.25, 0.3) is 0 Å². The van der Waals surface area contributed by atoms with Crippen LogP contribution in [0.2, 0.25) is 0 Å². The standard InChI is InChI=1S/C6H14BN/c1-5-8(7)6(2,3)4/h5H2,1-4H3. The van der Waals surface area contributed by atoms with Gasteiger partial charge in [-0.25, -0.2) is 0 Å². The SMILES string of the molecule is [B]N(CC)C(C)(C)C. The van der Waals surface area contributed by atoms with Gasteiger partial charge in [-0.15, -0.1) is 0 Å².